The van der Waals surface area contributed by atoms with E-state index in [1.165, 1.54) is 17.7 Å². The summed E-state index contributed by atoms with van der Waals surface area (Å²) in [5.74, 6) is 0.383. The van der Waals surface area contributed by atoms with E-state index in [0.29, 0.717) is 5.92 Å². The molecule has 2 heterocycles. The van der Waals surface area contributed by atoms with Gasteiger partial charge in [-0.25, -0.2) is 4.98 Å². The Morgan fingerprint density at radius 3 is 3.21 bits per heavy atom. The van der Waals surface area contributed by atoms with Gasteiger partial charge in [0.2, 0.25) is 0 Å². The highest BCUT2D eigenvalue weighted by Gasteiger charge is 2.27. The third-order valence-electron chi connectivity index (χ3n) is 3.83. The first-order valence-corrected chi connectivity index (χ1v) is 7.72. The van der Waals surface area contributed by atoms with E-state index in [-0.39, 0.29) is 6.04 Å². The van der Waals surface area contributed by atoms with Crippen LogP contribution in [0.5, 0.6) is 0 Å². The van der Waals surface area contributed by atoms with Crippen LogP contribution in [0.3, 0.4) is 0 Å². The maximum Gasteiger partial charge on any atom is 0.0943 e. The number of nitrogens with zero attached hydrogens (tertiary/aromatic N) is 2. The van der Waals surface area contributed by atoms with E-state index < -0.39 is 0 Å². The second-order valence-corrected chi connectivity index (χ2v) is 6.24. The summed E-state index contributed by atoms with van der Waals surface area (Å²) in [6, 6.07) is 4.34. The van der Waals surface area contributed by atoms with E-state index in [1.54, 1.807) is 11.3 Å². The van der Waals surface area contributed by atoms with Crippen molar-refractivity contribution < 1.29 is 0 Å². The number of pyridine rings is 1. The van der Waals surface area contributed by atoms with E-state index in [4.69, 9.17) is 5.73 Å². The summed E-state index contributed by atoms with van der Waals surface area (Å²) in [6.07, 6.45) is 6.25. The Morgan fingerprint density at radius 2 is 2.42 bits per heavy atom. The summed E-state index contributed by atoms with van der Waals surface area (Å²) in [4.78, 5) is 9.09. The van der Waals surface area contributed by atoms with E-state index in [0.717, 1.165) is 30.0 Å². The minimum absolute atomic E-state index is 0.125. The lowest BCUT2D eigenvalue weighted by molar-refractivity contribution is 0.449. The van der Waals surface area contributed by atoms with Gasteiger partial charge in [0.1, 0.15) is 0 Å². The third kappa shape index (κ3) is 2.69. The van der Waals surface area contributed by atoms with E-state index in [9.17, 15) is 0 Å². The number of aromatic nitrogens is 2. The van der Waals surface area contributed by atoms with Gasteiger partial charge in [-0.05, 0) is 37.8 Å². The van der Waals surface area contributed by atoms with Gasteiger partial charge in [-0.2, -0.15) is 0 Å². The molecule has 0 aromatic carbocycles. The minimum atomic E-state index is 0.125. The summed E-state index contributed by atoms with van der Waals surface area (Å²) in [7, 11) is 0. The second kappa shape index (κ2) is 5.39. The van der Waals surface area contributed by atoms with E-state index >= 15 is 0 Å². The molecule has 0 saturated carbocycles. The topological polar surface area (TPSA) is 51.8 Å². The van der Waals surface area contributed by atoms with Gasteiger partial charge < -0.3 is 5.73 Å². The van der Waals surface area contributed by atoms with Crippen LogP contribution in [0.15, 0.2) is 23.7 Å². The van der Waals surface area contributed by atoms with Crippen molar-refractivity contribution in [3.8, 4) is 0 Å². The van der Waals surface area contributed by atoms with Crippen LogP contribution in [-0.4, -0.2) is 16.0 Å². The summed E-state index contributed by atoms with van der Waals surface area (Å²) in [6.45, 7) is 2.03. The van der Waals surface area contributed by atoms with Gasteiger partial charge in [0.05, 0.1) is 5.01 Å². The molecule has 0 spiro atoms. The third-order valence-corrected chi connectivity index (χ3v) is 4.82. The van der Waals surface area contributed by atoms with Crippen molar-refractivity contribution in [2.75, 3.05) is 0 Å². The maximum absolute atomic E-state index is 6.43. The Bertz CT molecular complexity index is 564. The zero-order valence-corrected chi connectivity index (χ0v) is 12.0. The van der Waals surface area contributed by atoms with Crippen LogP contribution in [0.2, 0.25) is 0 Å². The van der Waals surface area contributed by atoms with Crippen LogP contribution >= 0.6 is 11.3 Å². The highest BCUT2D eigenvalue weighted by atomic mass is 32.1. The minimum Gasteiger partial charge on any atom is -0.327 e. The Labute approximate surface area is 117 Å². The number of hydrogen-bond acceptors (Lipinski definition) is 4. The van der Waals surface area contributed by atoms with Gasteiger partial charge in [0, 0.05) is 41.3 Å². The standard InChI is InChI=1S/C15H19N3S/c1-10-9-19-14(18-10)8-13(16)12-6-2-4-11-5-3-7-17-15(11)12/h3,5,7,9,12-13H,2,4,6,8,16H2,1H3. The molecule has 19 heavy (non-hydrogen) atoms. The van der Waals surface area contributed by atoms with E-state index in [1.807, 2.05) is 19.2 Å². The fourth-order valence-electron chi connectivity index (χ4n) is 2.90. The van der Waals surface area contributed by atoms with Crippen LogP contribution < -0.4 is 5.73 Å². The first-order chi connectivity index (χ1) is 9.24. The van der Waals surface area contributed by atoms with Crippen molar-refractivity contribution in [2.24, 2.45) is 5.73 Å². The lowest BCUT2D eigenvalue weighted by Gasteiger charge is -2.28. The fourth-order valence-corrected chi connectivity index (χ4v) is 3.75. The molecule has 100 valence electrons. The summed E-state index contributed by atoms with van der Waals surface area (Å²) >= 11 is 1.71. The van der Waals surface area contributed by atoms with Crippen molar-refractivity contribution in [3.05, 3.63) is 45.7 Å². The molecule has 0 fully saturated rings. The van der Waals surface area contributed by atoms with Crippen LogP contribution in [0.1, 0.15) is 40.7 Å². The van der Waals surface area contributed by atoms with Crippen LogP contribution in [-0.2, 0) is 12.8 Å². The van der Waals surface area contributed by atoms with E-state index in [2.05, 4.69) is 21.4 Å². The second-order valence-electron chi connectivity index (χ2n) is 5.30. The molecule has 2 unspecified atom stereocenters. The number of nitrogens with two attached hydrogens (primary N) is 1. The zero-order valence-electron chi connectivity index (χ0n) is 11.2. The van der Waals surface area contributed by atoms with Crippen molar-refractivity contribution in [2.45, 2.75) is 44.6 Å². The lowest BCUT2D eigenvalue weighted by Crippen LogP contribution is -2.33. The average Bonchev–Trinajstić information content (AvgIpc) is 2.83. The molecule has 2 aromatic heterocycles. The summed E-state index contributed by atoms with van der Waals surface area (Å²) in [5.41, 5.74) is 10.1. The van der Waals surface area contributed by atoms with Gasteiger partial charge in [-0.1, -0.05) is 6.07 Å². The van der Waals surface area contributed by atoms with Gasteiger partial charge in [0.15, 0.2) is 0 Å². The largest absolute Gasteiger partial charge is 0.327 e. The molecule has 3 nitrogen and oxygen atoms in total. The number of fused-ring (bicyclic) bond motifs is 1. The highest BCUT2D eigenvalue weighted by molar-refractivity contribution is 7.09. The Kier molecular flexibility index (Phi) is 3.62. The molecule has 0 amide bonds. The zero-order chi connectivity index (χ0) is 13.2. The molecule has 0 radical (unpaired) electrons. The number of rotatable bonds is 3. The molecular weight excluding hydrogens is 254 g/mol. The van der Waals surface area contributed by atoms with Gasteiger partial charge in [0.25, 0.3) is 0 Å². The Hall–Kier alpha value is -1.26. The van der Waals surface area contributed by atoms with Crippen molar-refractivity contribution in [3.63, 3.8) is 0 Å². The molecule has 3 rings (SSSR count). The lowest BCUT2D eigenvalue weighted by atomic mass is 9.81. The maximum atomic E-state index is 6.43. The molecule has 4 heteroatoms. The van der Waals surface area contributed by atoms with Crippen molar-refractivity contribution >= 4 is 11.3 Å². The van der Waals surface area contributed by atoms with Gasteiger partial charge in [-0.3, -0.25) is 4.98 Å². The van der Waals surface area contributed by atoms with Crippen molar-refractivity contribution in [1.29, 1.82) is 0 Å². The van der Waals surface area contributed by atoms with Crippen LogP contribution in [0.4, 0.5) is 0 Å². The SMILES string of the molecule is Cc1csc(CC(N)C2CCCc3cccnc32)n1. The molecule has 1 aliphatic rings. The molecule has 0 aliphatic heterocycles. The van der Waals surface area contributed by atoms with Crippen molar-refractivity contribution in [1.82, 2.24) is 9.97 Å². The predicted molar refractivity (Wildman–Crippen MR) is 78.4 cm³/mol. The first kappa shape index (κ1) is 12.8. The monoisotopic (exact) mass is 273 g/mol. The quantitative estimate of drug-likeness (QED) is 0.935. The molecule has 1 aliphatic carbocycles. The Balaban J connectivity index is 1.79. The molecule has 0 saturated heterocycles. The number of hydrogen-bond donors (Lipinski definition) is 1. The number of aryl methyl sites for hydroxylation is 2. The van der Waals surface area contributed by atoms with Gasteiger partial charge in [-0.15, -0.1) is 11.3 Å². The summed E-state index contributed by atoms with van der Waals surface area (Å²) < 4.78 is 0. The molecule has 2 aromatic rings. The smallest absolute Gasteiger partial charge is 0.0943 e. The molecular formula is C15H19N3S. The van der Waals surface area contributed by atoms with Crippen LogP contribution in [0.25, 0.3) is 0 Å². The highest BCUT2D eigenvalue weighted by Crippen LogP contribution is 2.32. The Morgan fingerprint density at radius 1 is 1.53 bits per heavy atom. The predicted octanol–water partition coefficient (Wildman–Crippen LogP) is 2.84. The first-order valence-electron chi connectivity index (χ1n) is 6.84. The number of thiazole rings is 1. The molecule has 2 N–H and O–H groups in total. The average molecular weight is 273 g/mol. The van der Waals surface area contributed by atoms with Crippen LogP contribution in [0, 0.1) is 6.92 Å². The molecule has 2 atom stereocenters. The normalized spacial score (nSPS) is 20.0. The van der Waals surface area contributed by atoms with Gasteiger partial charge >= 0.3 is 0 Å². The summed E-state index contributed by atoms with van der Waals surface area (Å²) in [5, 5.41) is 3.24. The molecule has 0 bridgehead atoms. The fraction of sp³-hybridized carbons (Fsp3) is 0.467.